The maximum absolute atomic E-state index is 11.3. The predicted octanol–water partition coefficient (Wildman–Crippen LogP) is -1.47. The van der Waals surface area contributed by atoms with E-state index in [1.54, 1.807) is 0 Å². The van der Waals surface area contributed by atoms with E-state index in [0.29, 0.717) is 0 Å². The van der Waals surface area contributed by atoms with Crippen molar-refractivity contribution in [3.05, 3.63) is 20.8 Å². The summed E-state index contributed by atoms with van der Waals surface area (Å²) in [6, 6.07) is 0. The molecule has 0 unspecified atom stereocenters. The summed E-state index contributed by atoms with van der Waals surface area (Å²) in [6.45, 7) is -0.101. The Bertz CT molecular complexity index is 568. The summed E-state index contributed by atoms with van der Waals surface area (Å²) in [7, 11) is 0. The van der Waals surface area contributed by atoms with E-state index >= 15 is 0 Å². The average molecular weight is 214 g/mol. The van der Waals surface area contributed by atoms with Gasteiger partial charge in [-0.05, 0) is 0 Å². The largest absolute Gasteiger partial charge is 0.395 e. The van der Waals surface area contributed by atoms with Crippen molar-refractivity contribution >= 4 is 22.9 Å². The number of hydrogen-bond acceptors (Lipinski definition) is 6. The molecule has 0 spiro atoms. The lowest BCUT2D eigenvalue weighted by Gasteiger charge is -2.00. The molecule has 0 atom stereocenters. The highest BCUT2D eigenvalue weighted by Gasteiger charge is 2.10. The minimum atomic E-state index is -0.579. The molecule has 0 aliphatic carbocycles. The number of aliphatic hydroxyl groups is 1. The van der Waals surface area contributed by atoms with Crippen molar-refractivity contribution in [2.75, 3.05) is 6.61 Å². The van der Waals surface area contributed by atoms with E-state index < -0.39 is 11.2 Å². The molecule has 8 heteroatoms. The lowest BCUT2D eigenvalue weighted by Crippen LogP contribution is -2.31. The van der Waals surface area contributed by atoms with Crippen molar-refractivity contribution in [2.45, 2.75) is 6.54 Å². The van der Waals surface area contributed by atoms with E-state index in [0.717, 1.165) is 11.7 Å². The maximum atomic E-state index is 11.3. The van der Waals surface area contributed by atoms with Gasteiger partial charge in [0, 0.05) is 0 Å². The molecule has 74 valence electrons. The van der Waals surface area contributed by atoms with Gasteiger partial charge in [-0.25, -0.2) is 4.79 Å². The van der Waals surface area contributed by atoms with Crippen LogP contribution in [0.1, 0.15) is 0 Å². The molecular weight excluding hydrogens is 208 g/mol. The van der Waals surface area contributed by atoms with E-state index in [1.165, 1.54) is 4.57 Å². The van der Waals surface area contributed by atoms with Crippen LogP contribution in [0.3, 0.4) is 0 Å². The molecule has 0 bridgehead atoms. The normalized spacial score (nSPS) is 10.9. The second-order valence-corrected chi connectivity index (χ2v) is 3.10. The van der Waals surface area contributed by atoms with Crippen molar-refractivity contribution in [2.24, 2.45) is 0 Å². The highest BCUT2D eigenvalue weighted by Crippen LogP contribution is 2.02. The highest BCUT2D eigenvalue weighted by atomic mass is 32.1. The molecule has 0 aliphatic rings. The number of nitrogens with zero attached hydrogens (tertiary/aromatic N) is 3. The summed E-state index contributed by atoms with van der Waals surface area (Å²) < 4.78 is 8.75. The number of nitrogens with one attached hydrogen (secondary N) is 1. The van der Waals surface area contributed by atoms with Gasteiger partial charge in [0.25, 0.3) is 5.56 Å². The summed E-state index contributed by atoms with van der Waals surface area (Å²) >= 11 is 0.854. The Morgan fingerprint density at radius 2 is 2.21 bits per heavy atom. The molecule has 0 amide bonds. The number of aliphatic hydroxyl groups excluding tert-OH is 1. The average Bonchev–Trinajstić information content (AvgIpc) is 2.60. The van der Waals surface area contributed by atoms with Crippen molar-refractivity contribution in [3.63, 3.8) is 0 Å². The SMILES string of the molecule is O=c1[nH]c(=O)n(CCO)c2nsnc12. The van der Waals surface area contributed by atoms with Gasteiger partial charge in [0.05, 0.1) is 24.9 Å². The molecule has 2 heterocycles. The summed E-state index contributed by atoms with van der Waals surface area (Å²) in [5.41, 5.74) is -0.780. The lowest BCUT2D eigenvalue weighted by atomic mass is 10.5. The third kappa shape index (κ3) is 1.24. The van der Waals surface area contributed by atoms with Crippen molar-refractivity contribution < 1.29 is 5.11 Å². The van der Waals surface area contributed by atoms with Gasteiger partial charge < -0.3 is 5.11 Å². The Balaban J connectivity index is 2.86. The van der Waals surface area contributed by atoms with Gasteiger partial charge >= 0.3 is 5.69 Å². The van der Waals surface area contributed by atoms with Crippen LogP contribution in [0.15, 0.2) is 9.59 Å². The Hall–Kier alpha value is -1.54. The molecule has 0 aromatic carbocycles. The van der Waals surface area contributed by atoms with Crippen LogP contribution in [0.4, 0.5) is 0 Å². The number of rotatable bonds is 2. The van der Waals surface area contributed by atoms with Gasteiger partial charge in [0.1, 0.15) is 0 Å². The third-order valence-corrected chi connectivity index (χ3v) is 2.25. The number of fused-ring (bicyclic) bond motifs is 1. The molecule has 2 N–H and O–H groups in total. The highest BCUT2D eigenvalue weighted by molar-refractivity contribution is 7.00. The Kier molecular flexibility index (Phi) is 2.14. The van der Waals surface area contributed by atoms with Crippen molar-refractivity contribution in [3.8, 4) is 0 Å². The van der Waals surface area contributed by atoms with Gasteiger partial charge in [0.2, 0.25) is 0 Å². The van der Waals surface area contributed by atoms with Gasteiger partial charge in [0.15, 0.2) is 11.2 Å². The van der Waals surface area contributed by atoms with Crippen LogP contribution in [-0.4, -0.2) is 30.0 Å². The zero-order chi connectivity index (χ0) is 10.1. The molecule has 0 radical (unpaired) electrons. The van der Waals surface area contributed by atoms with Gasteiger partial charge in [-0.15, -0.1) is 0 Å². The minimum Gasteiger partial charge on any atom is -0.395 e. The third-order valence-electron chi connectivity index (χ3n) is 1.73. The van der Waals surface area contributed by atoms with Crippen LogP contribution >= 0.6 is 11.7 Å². The summed E-state index contributed by atoms with van der Waals surface area (Å²) in [4.78, 5) is 24.6. The second-order valence-electron chi connectivity index (χ2n) is 2.57. The van der Waals surface area contributed by atoms with Crippen LogP contribution in [0.25, 0.3) is 11.2 Å². The molecule has 7 nitrogen and oxygen atoms in total. The van der Waals surface area contributed by atoms with Crippen molar-refractivity contribution in [1.29, 1.82) is 0 Å². The smallest absolute Gasteiger partial charge is 0.330 e. The molecule has 0 fully saturated rings. The van der Waals surface area contributed by atoms with E-state index in [2.05, 4.69) is 13.7 Å². The molecule has 14 heavy (non-hydrogen) atoms. The first-order valence-corrected chi connectivity index (χ1v) is 4.53. The Morgan fingerprint density at radius 3 is 2.93 bits per heavy atom. The van der Waals surface area contributed by atoms with E-state index in [9.17, 15) is 9.59 Å². The summed E-state index contributed by atoms with van der Waals surface area (Å²) in [5.74, 6) is 0. The molecular formula is C6H6N4O3S. The second kappa shape index (κ2) is 3.31. The fourth-order valence-electron chi connectivity index (χ4n) is 1.13. The van der Waals surface area contributed by atoms with Crippen LogP contribution in [0.5, 0.6) is 0 Å². The molecule has 0 saturated heterocycles. The Labute approximate surface area is 81.0 Å². The van der Waals surface area contributed by atoms with Crippen LogP contribution in [0.2, 0.25) is 0 Å². The molecule has 0 aliphatic heterocycles. The summed E-state index contributed by atoms with van der Waals surface area (Å²) in [5, 5.41) is 8.71. The first-order chi connectivity index (χ1) is 6.74. The Morgan fingerprint density at radius 1 is 1.43 bits per heavy atom. The minimum absolute atomic E-state index is 0.0948. The van der Waals surface area contributed by atoms with E-state index in [-0.39, 0.29) is 24.3 Å². The van der Waals surface area contributed by atoms with Gasteiger partial charge in [-0.1, -0.05) is 0 Å². The quantitative estimate of drug-likeness (QED) is 0.635. The van der Waals surface area contributed by atoms with E-state index in [1.807, 2.05) is 0 Å². The standard InChI is InChI=1S/C6H6N4O3S/c11-2-1-10-4-3(8-14-9-4)5(12)7-6(10)13/h11H,1-2H2,(H,7,12,13). The summed E-state index contributed by atoms with van der Waals surface area (Å²) in [6.07, 6.45) is 0. The van der Waals surface area contributed by atoms with Gasteiger partial charge in [-0.2, -0.15) is 8.75 Å². The monoisotopic (exact) mass is 214 g/mol. The van der Waals surface area contributed by atoms with Crippen LogP contribution < -0.4 is 11.2 Å². The molecule has 0 saturated carbocycles. The van der Waals surface area contributed by atoms with E-state index in [4.69, 9.17) is 5.11 Å². The molecule has 2 aromatic rings. The number of H-pyrrole nitrogens is 1. The van der Waals surface area contributed by atoms with Gasteiger partial charge in [-0.3, -0.25) is 14.3 Å². The topological polar surface area (TPSA) is 101 Å². The van der Waals surface area contributed by atoms with Crippen molar-refractivity contribution in [1.82, 2.24) is 18.3 Å². The predicted molar refractivity (Wildman–Crippen MR) is 49.4 cm³/mol. The van der Waals surface area contributed by atoms with Crippen LogP contribution in [-0.2, 0) is 6.54 Å². The maximum Gasteiger partial charge on any atom is 0.330 e. The molecule has 2 aromatic heterocycles. The first-order valence-electron chi connectivity index (χ1n) is 3.80. The molecule has 2 rings (SSSR count). The number of aromatic nitrogens is 4. The zero-order valence-corrected chi connectivity index (χ0v) is 7.74. The first kappa shape index (κ1) is 9.03. The zero-order valence-electron chi connectivity index (χ0n) is 6.93. The lowest BCUT2D eigenvalue weighted by molar-refractivity contribution is 0.275. The number of aromatic amines is 1. The fourth-order valence-corrected chi connectivity index (χ4v) is 1.68. The number of hydrogen-bond donors (Lipinski definition) is 2. The van der Waals surface area contributed by atoms with Crippen LogP contribution in [0, 0.1) is 0 Å². The fraction of sp³-hybridized carbons (Fsp3) is 0.333.